The summed E-state index contributed by atoms with van der Waals surface area (Å²) in [7, 11) is 0. The Kier molecular flexibility index (Phi) is 6.95. The van der Waals surface area contributed by atoms with Gasteiger partial charge in [0.1, 0.15) is 11.4 Å². The number of nitrogens with zero attached hydrogens (tertiary/aromatic N) is 4. The number of pyridine rings is 1. The third-order valence-corrected chi connectivity index (χ3v) is 5.70. The number of H-pyrrole nitrogens is 1. The highest BCUT2D eigenvalue weighted by Crippen LogP contribution is 2.17. The Morgan fingerprint density at radius 1 is 1.12 bits per heavy atom. The minimum absolute atomic E-state index is 0.0146. The van der Waals surface area contributed by atoms with Crippen LogP contribution in [0.1, 0.15) is 48.2 Å². The average molecular weight is 465 g/mol. The standard InChI is InChI=1S/C25H32N6O3/c1-25(2,3)34-24(33)31-10-8-30(9-11-31)16-17-6-7-27-19(12-17)14-23-28-20-5-4-18(22(32)15-26)13-21(20)29-23/h4-7,12-13H,8-11,14-16,26H2,1-3H3,(H,28,29). The van der Waals surface area contributed by atoms with Crippen molar-refractivity contribution < 1.29 is 14.3 Å². The molecule has 2 aromatic heterocycles. The molecule has 9 nitrogen and oxygen atoms in total. The summed E-state index contributed by atoms with van der Waals surface area (Å²) in [6.07, 6.45) is 2.14. The fourth-order valence-corrected chi connectivity index (χ4v) is 4.01. The monoisotopic (exact) mass is 464 g/mol. The molecule has 1 aliphatic rings. The van der Waals surface area contributed by atoms with E-state index < -0.39 is 5.60 Å². The van der Waals surface area contributed by atoms with E-state index in [1.165, 1.54) is 5.56 Å². The maximum absolute atomic E-state index is 12.3. The smallest absolute Gasteiger partial charge is 0.410 e. The summed E-state index contributed by atoms with van der Waals surface area (Å²) >= 11 is 0. The lowest BCUT2D eigenvalue weighted by Gasteiger charge is -2.35. The number of fused-ring (bicyclic) bond motifs is 1. The van der Waals surface area contributed by atoms with Crippen LogP contribution >= 0.6 is 0 Å². The Balaban J connectivity index is 1.36. The van der Waals surface area contributed by atoms with Gasteiger partial charge in [0.15, 0.2) is 5.78 Å². The molecule has 3 heterocycles. The summed E-state index contributed by atoms with van der Waals surface area (Å²) in [5, 5.41) is 0. The van der Waals surface area contributed by atoms with E-state index >= 15 is 0 Å². The van der Waals surface area contributed by atoms with Gasteiger partial charge in [-0.1, -0.05) is 0 Å². The second-order valence-electron chi connectivity index (χ2n) is 9.62. The van der Waals surface area contributed by atoms with Crippen LogP contribution < -0.4 is 5.73 Å². The molecule has 34 heavy (non-hydrogen) atoms. The number of Topliss-reactive ketones (excluding diaryl/α,β-unsaturated/α-hetero) is 1. The number of benzene rings is 1. The summed E-state index contributed by atoms with van der Waals surface area (Å²) in [5.74, 6) is 0.697. The van der Waals surface area contributed by atoms with E-state index in [0.29, 0.717) is 25.1 Å². The van der Waals surface area contributed by atoms with E-state index in [1.54, 1.807) is 17.0 Å². The Hall–Kier alpha value is -3.30. The van der Waals surface area contributed by atoms with Crippen molar-refractivity contribution in [2.24, 2.45) is 5.73 Å². The molecule has 0 spiro atoms. The van der Waals surface area contributed by atoms with Gasteiger partial charge in [-0.2, -0.15) is 0 Å². The number of hydrogen-bond acceptors (Lipinski definition) is 7. The zero-order valence-corrected chi connectivity index (χ0v) is 20.0. The SMILES string of the molecule is CC(C)(C)OC(=O)N1CCN(Cc2ccnc(Cc3nc4ccc(C(=O)CN)cc4[nH]3)c2)CC1. The second kappa shape index (κ2) is 9.90. The first-order chi connectivity index (χ1) is 16.2. The van der Waals surface area contributed by atoms with Crippen LogP contribution in [0, 0.1) is 0 Å². The number of hydrogen-bond donors (Lipinski definition) is 2. The largest absolute Gasteiger partial charge is 0.444 e. The van der Waals surface area contributed by atoms with Crippen LogP contribution in [0.5, 0.6) is 0 Å². The highest BCUT2D eigenvalue weighted by molar-refractivity contribution is 6.00. The molecule has 1 aromatic carbocycles. The van der Waals surface area contributed by atoms with E-state index in [-0.39, 0.29) is 18.4 Å². The third-order valence-electron chi connectivity index (χ3n) is 5.70. The van der Waals surface area contributed by atoms with Crippen LogP contribution in [0.25, 0.3) is 11.0 Å². The molecule has 1 amide bonds. The fraction of sp³-hybridized carbons (Fsp3) is 0.440. The number of nitrogens with one attached hydrogen (secondary N) is 1. The number of carbonyl (C=O) groups excluding carboxylic acids is 2. The topological polar surface area (TPSA) is 117 Å². The molecule has 4 rings (SSSR count). The summed E-state index contributed by atoms with van der Waals surface area (Å²) in [6, 6.07) is 9.49. The van der Waals surface area contributed by atoms with Gasteiger partial charge in [-0.25, -0.2) is 9.78 Å². The summed E-state index contributed by atoms with van der Waals surface area (Å²) in [4.78, 5) is 40.7. The molecule has 1 aliphatic heterocycles. The maximum atomic E-state index is 12.3. The third kappa shape index (κ3) is 5.98. The molecular formula is C25H32N6O3. The Labute approximate surface area is 199 Å². The van der Waals surface area contributed by atoms with Gasteiger partial charge < -0.3 is 20.4 Å². The Morgan fingerprint density at radius 2 is 1.88 bits per heavy atom. The molecule has 0 aliphatic carbocycles. The number of aromatic amines is 1. The van der Waals surface area contributed by atoms with Gasteiger partial charge in [-0.05, 0) is 56.7 Å². The average Bonchev–Trinajstić information content (AvgIpc) is 3.19. The van der Waals surface area contributed by atoms with E-state index in [4.69, 9.17) is 10.5 Å². The lowest BCUT2D eigenvalue weighted by molar-refractivity contribution is 0.0139. The molecule has 1 saturated heterocycles. The number of ether oxygens (including phenoxy) is 1. The fourth-order valence-electron chi connectivity index (χ4n) is 4.01. The molecule has 1 fully saturated rings. The molecule has 0 unspecified atom stereocenters. The van der Waals surface area contributed by atoms with Gasteiger partial charge in [0.25, 0.3) is 0 Å². The number of carbonyl (C=O) groups is 2. The summed E-state index contributed by atoms with van der Waals surface area (Å²) < 4.78 is 5.48. The number of ketones is 1. The van der Waals surface area contributed by atoms with Gasteiger partial charge in [0.2, 0.25) is 0 Å². The van der Waals surface area contributed by atoms with Crippen molar-refractivity contribution in [2.45, 2.75) is 39.3 Å². The first kappa shape index (κ1) is 23.8. The van der Waals surface area contributed by atoms with Crippen molar-refractivity contribution in [2.75, 3.05) is 32.7 Å². The van der Waals surface area contributed by atoms with Crippen LogP contribution in [0.3, 0.4) is 0 Å². The number of aromatic nitrogens is 3. The van der Waals surface area contributed by atoms with Crippen molar-refractivity contribution in [1.29, 1.82) is 0 Å². The molecule has 0 bridgehead atoms. The van der Waals surface area contributed by atoms with Crippen molar-refractivity contribution in [3.8, 4) is 0 Å². The van der Waals surface area contributed by atoms with Crippen LogP contribution in [0.4, 0.5) is 4.79 Å². The minimum atomic E-state index is -0.480. The predicted octanol–water partition coefficient (Wildman–Crippen LogP) is 2.74. The molecule has 3 aromatic rings. The number of rotatable bonds is 6. The number of nitrogens with two attached hydrogens (primary N) is 1. The second-order valence-corrected chi connectivity index (χ2v) is 9.62. The van der Waals surface area contributed by atoms with Crippen LogP contribution in [-0.2, 0) is 17.7 Å². The molecule has 0 radical (unpaired) electrons. The van der Waals surface area contributed by atoms with E-state index in [9.17, 15) is 9.59 Å². The molecular weight excluding hydrogens is 432 g/mol. The van der Waals surface area contributed by atoms with Gasteiger partial charge in [-0.15, -0.1) is 0 Å². The number of amides is 1. The van der Waals surface area contributed by atoms with Gasteiger partial charge in [0, 0.05) is 56.6 Å². The van der Waals surface area contributed by atoms with Crippen molar-refractivity contribution in [3.05, 3.63) is 59.2 Å². The summed E-state index contributed by atoms with van der Waals surface area (Å²) in [5.41, 5.74) is 9.28. The van der Waals surface area contributed by atoms with Gasteiger partial charge in [-0.3, -0.25) is 14.7 Å². The molecule has 180 valence electrons. The number of imidazole rings is 1. The lowest BCUT2D eigenvalue weighted by Crippen LogP contribution is -2.49. The molecule has 0 atom stereocenters. The zero-order chi connectivity index (χ0) is 24.3. The van der Waals surface area contributed by atoms with Crippen molar-refractivity contribution in [3.63, 3.8) is 0 Å². The van der Waals surface area contributed by atoms with E-state index in [0.717, 1.165) is 42.2 Å². The molecule has 0 saturated carbocycles. The quantitative estimate of drug-likeness (QED) is 0.539. The number of piperazine rings is 1. The van der Waals surface area contributed by atoms with E-state index in [2.05, 4.69) is 25.9 Å². The Bertz CT molecular complexity index is 1170. The lowest BCUT2D eigenvalue weighted by atomic mass is 10.1. The highest BCUT2D eigenvalue weighted by Gasteiger charge is 2.25. The molecule has 9 heteroatoms. The van der Waals surface area contributed by atoms with Gasteiger partial charge >= 0.3 is 6.09 Å². The van der Waals surface area contributed by atoms with Crippen molar-refractivity contribution >= 4 is 22.9 Å². The first-order valence-electron chi connectivity index (χ1n) is 11.6. The van der Waals surface area contributed by atoms with Crippen LogP contribution in [-0.4, -0.2) is 75.0 Å². The maximum Gasteiger partial charge on any atom is 0.410 e. The summed E-state index contributed by atoms with van der Waals surface area (Å²) in [6.45, 7) is 9.33. The van der Waals surface area contributed by atoms with Crippen LogP contribution in [0.15, 0.2) is 36.5 Å². The Morgan fingerprint density at radius 3 is 2.59 bits per heavy atom. The van der Waals surface area contributed by atoms with Gasteiger partial charge in [0.05, 0.1) is 17.6 Å². The minimum Gasteiger partial charge on any atom is -0.444 e. The van der Waals surface area contributed by atoms with Crippen LogP contribution in [0.2, 0.25) is 0 Å². The predicted molar refractivity (Wildman–Crippen MR) is 130 cm³/mol. The highest BCUT2D eigenvalue weighted by atomic mass is 16.6. The van der Waals surface area contributed by atoms with E-state index in [1.807, 2.05) is 39.1 Å². The normalized spacial score (nSPS) is 15.0. The molecule has 3 N–H and O–H groups in total. The zero-order valence-electron chi connectivity index (χ0n) is 20.0. The first-order valence-corrected chi connectivity index (χ1v) is 11.6. The van der Waals surface area contributed by atoms with Crippen molar-refractivity contribution in [1.82, 2.24) is 24.8 Å².